The lowest BCUT2D eigenvalue weighted by Crippen LogP contribution is -2.14. The van der Waals surface area contributed by atoms with Crippen LogP contribution in [0.3, 0.4) is 0 Å². The van der Waals surface area contributed by atoms with Crippen LogP contribution in [0.15, 0.2) is 66.3 Å². The molecule has 0 saturated heterocycles. The van der Waals surface area contributed by atoms with Gasteiger partial charge in [-0.3, -0.25) is 9.71 Å². The van der Waals surface area contributed by atoms with E-state index in [1.54, 1.807) is 18.2 Å². The Labute approximate surface area is 135 Å². The van der Waals surface area contributed by atoms with Crippen LogP contribution >= 0.6 is 11.6 Å². The SMILES string of the molecule is C=CN=C(c1ccccc1)c1cc(Cl)ccc1NS(C)(=O)=O. The van der Waals surface area contributed by atoms with Crippen LogP contribution in [0.4, 0.5) is 5.69 Å². The molecule has 0 spiro atoms. The van der Waals surface area contributed by atoms with Crippen LogP contribution in [-0.4, -0.2) is 20.4 Å². The molecule has 2 rings (SSSR count). The third-order valence-corrected chi connectivity index (χ3v) is 3.63. The van der Waals surface area contributed by atoms with Crippen molar-refractivity contribution in [2.24, 2.45) is 4.99 Å². The Morgan fingerprint density at radius 3 is 2.50 bits per heavy atom. The quantitative estimate of drug-likeness (QED) is 0.848. The average Bonchev–Trinajstić information content (AvgIpc) is 2.46. The van der Waals surface area contributed by atoms with Crippen molar-refractivity contribution in [2.75, 3.05) is 11.0 Å². The van der Waals surface area contributed by atoms with Crippen LogP contribution in [0.2, 0.25) is 5.02 Å². The number of nitrogens with one attached hydrogen (secondary N) is 1. The molecule has 0 unspecified atom stereocenters. The topological polar surface area (TPSA) is 58.5 Å². The van der Waals surface area contributed by atoms with Gasteiger partial charge in [-0.15, -0.1) is 0 Å². The molecule has 0 aliphatic carbocycles. The monoisotopic (exact) mass is 334 g/mol. The summed E-state index contributed by atoms with van der Waals surface area (Å²) in [5.41, 5.74) is 2.42. The Hall–Kier alpha value is -2.11. The normalized spacial score (nSPS) is 12.0. The number of hydrogen-bond donors (Lipinski definition) is 1. The van der Waals surface area contributed by atoms with Gasteiger partial charge in [0.05, 0.1) is 17.7 Å². The Kier molecular flexibility index (Phi) is 5.00. The van der Waals surface area contributed by atoms with Gasteiger partial charge in [-0.25, -0.2) is 8.42 Å². The van der Waals surface area contributed by atoms with Gasteiger partial charge in [0.15, 0.2) is 0 Å². The van der Waals surface area contributed by atoms with E-state index < -0.39 is 10.0 Å². The number of nitrogens with zero attached hydrogens (tertiary/aromatic N) is 1. The lowest BCUT2D eigenvalue weighted by atomic mass is 10.0. The fourth-order valence-corrected chi connectivity index (χ4v) is 2.74. The molecule has 22 heavy (non-hydrogen) atoms. The van der Waals surface area contributed by atoms with Gasteiger partial charge >= 0.3 is 0 Å². The molecule has 0 fully saturated rings. The molecule has 0 aromatic heterocycles. The van der Waals surface area contributed by atoms with Crippen molar-refractivity contribution in [1.29, 1.82) is 0 Å². The summed E-state index contributed by atoms with van der Waals surface area (Å²) in [6, 6.07) is 14.3. The van der Waals surface area contributed by atoms with E-state index in [1.165, 1.54) is 6.20 Å². The summed E-state index contributed by atoms with van der Waals surface area (Å²) in [5, 5.41) is 0.488. The van der Waals surface area contributed by atoms with E-state index in [-0.39, 0.29) is 0 Å². The molecule has 0 heterocycles. The fourth-order valence-electron chi connectivity index (χ4n) is 1.99. The Morgan fingerprint density at radius 2 is 1.91 bits per heavy atom. The predicted octanol–water partition coefficient (Wildman–Crippen LogP) is 3.69. The zero-order valence-electron chi connectivity index (χ0n) is 12.0. The van der Waals surface area contributed by atoms with Gasteiger partial charge < -0.3 is 0 Å². The second-order valence-electron chi connectivity index (χ2n) is 4.59. The van der Waals surface area contributed by atoms with Crippen LogP contribution in [0, 0.1) is 0 Å². The molecular weight excluding hydrogens is 320 g/mol. The van der Waals surface area contributed by atoms with Crippen molar-refractivity contribution in [3.05, 3.63) is 77.5 Å². The van der Waals surface area contributed by atoms with Gasteiger partial charge in [-0.2, -0.15) is 0 Å². The molecule has 6 heteroatoms. The first kappa shape index (κ1) is 16.3. The highest BCUT2D eigenvalue weighted by molar-refractivity contribution is 7.92. The first-order valence-corrected chi connectivity index (χ1v) is 8.69. The Bertz CT molecular complexity index is 815. The second-order valence-corrected chi connectivity index (χ2v) is 6.78. The predicted molar refractivity (Wildman–Crippen MR) is 92.2 cm³/mol. The van der Waals surface area contributed by atoms with Gasteiger partial charge in [0.25, 0.3) is 0 Å². The second kappa shape index (κ2) is 6.77. The van der Waals surface area contributed by atoms with E-state index in [0.29, 0.717) is 22.0 Å². The van der Waals surface area contributed by atoms with Gasteiger partial charge in [0.2, 0.25) is 10.0 Å². The van der Waals surface area contributed by atoms with E-state index in [2.05, 4.69) is 16.3 Å². The molecule has 0 aliphatic rings. The number of hydrogen-bond acceptors (Lipinski definition) is 3. The Morgan fingerprint density at radius 1 is 1.23 bits per heavy atom. The number of benzene rings is 2. The molecule has 0 amide bonds. The maximum atomic E-state index is 11.6. The van der Waals surface area contributed by atoms with Crippen LogP contribution in [-0.2, 0) is 10.0 Å². The zero-order chi connectivity index (χ0) is 16.2. The maximum Gasteiger partial charge on any atom is 0.229 e. The highest BCUT2D eigenvalue weighted by Crippen LogP contribution is 2.25. The number of anilines is 1. The zero-order valence-corrected chi connectivity index (χ0v) is 13.5. The summed E-state index contributed by atoms with van der Waals surface area (Å²) >= 11 is 6.06. The first-order valence-electron chi connectivity index (χ1n) is 6.42. The fraction of sp³-hybridized carbons (Fsp3) is 0.0625. The minimum absolute atomic E-state index is 0.413. The van der Waals surface area contributed by atoms with Crippen LogP contribution in [0.1, 0.15) is 11.1 Å². The molecule has 0 bridgehead atoms. The van der Waals surface area contributed by atoms with Gasteiger partial charge in [-0.1, -0.05) is 48.5 Å². The molecule has 114 valence electrons. The number of sulfonamides is 1. The highest BCUT2D eigenvalue weighted by Gasteiger charge is 2.14. The van der Waals surface area contributed by atoms with Crippen molar-refractivity contribution in [2.45, 2.75) is 0 Å². The summed E-state index contributed by atoms with van der Waals surface area (Å²) in [5.74, 6) is 0. The number of rotatable bonds is 5. The molecule has 0 radical (unpaired) electrons. The van der Waals surface area contributed by atoms with E-state index in [1.807, 2.05) is 30.3 Å². The molecule has 2 aromatic carbocycles. The van der Waals surface area contributed by atoms with Gasteiger partial charge in [0, 0.05) is 22.3 Å². The smallest absolute Gasteiger partial charge is 0.229 e. The third-order valence-electron chi connectivity index (χ3n) is 2.80. The summed E-state index contributed by atoms with van der Waals surface area (Å²) in [6.45, 7) is 3.62. The minimum atomic E-state index is -3.42. The van der Waals surface area contributed by atoms with Crippen molar-refractivity contribution in [3.63, 3.8) is 0 Å². The molecule has 1 N–H and O–H groups in total. The van der Waals surface area contributed by atoms with Crippen LogP contribution in [0.25, 0.3) is 0 Å². The summed E-state index contributed by atoms with van der Waals surface area (Å²) in [6.07, 6.45) is 2.51. The largest absolute Gasteiger partial charge is 0.283 e. The first-order chi connectivity index (χ1) is 10.4. The molecule has 0 saturated carbocycles. The van der Waals surface area contributed by atoms with Crippen LogP contribution < -0.4 is 4.72 Å². The van der Waals surface area contributed by atoms with Crippen molar-refractivity contribution in [3.8, 4) is 0 Å². The summed E-state index contributed by atoms with van der Waals surface area (Å²) < 4.78 is 25.6. The minimum Gasteiger partial charge on any atom is -0.283 e. The van der Waals surface area contributed by atoms with E-state index in [9.17, 15) is 8.42 Å². The highest BCUT2D eigenvalue weighted by atomic mass is 35.5. The van der Waals surface area contributed by atoms with Gasteiger partial charge in [-0.05, 0) is 18.2 Å². The summed E-state index contributed by atoms with van der Waals surface area (Å²) in [7, 11) is -3.42. The van der Waals surface area contributed by atoms with Crippen LogP contribution in [0.5, 0.6) is 0 Å². The average molecular weight is 335 g/mol. The maximum absolute atomic E-state index is 11.6. The van der Waals surface area contributed by atoms with Crippen molar-refractivity contribution < 1.29 is 8.42 Å². The molecule has 0 atom stereocenters. The molecular formula is C16H15ClN2O2S. The number of aliphatic imine (C=N–C) groups is 1. The Balaban J connectivity index is 2.64. The summed E-state index contributed by atoms with van der Waals surface area (Å²) in [4.78, 5) is 4.28. The molecule has 4 nitrogen and oxygen atoms in total. The van der Waals surface area contributed by atoms with E-state index in [4.69, 9.17) is 11.6 Å². The van der Waals surface area contributed by atoms with E-state index in [0.717, 1.165) is 11.8 Å². The molecule has 2 aromatic rings. The molecule has 0 aliphatic heterocycles. The number of halogens is 1. The van der Waals surface area contributed by atoms with Gasteiger partial charge in [0.1, 0.15) is 0 Å². The standard InChI is InChI=1S/C16H15ClN2O2S/c1-3-18-16(12-7-5-4-6-8-12)14-11-13(17)9-10-15(14)19-22(2,20)21/h3-11,19H,1H2,2H3. The lowest BCUT2D eigenvalue weighted by molar-refractivity contribution is 0.607. The third kappa shape index (κ3) is 4.19. The lowest BCUT2D eigenvalue weighted by Gasteiger charge is -2.13. The van der Waals surface area contributed by atoms with Crippen molar-refractivity contribution in [1.82, 2.24) is 0 Å². The van der Waals surface area contributed by atoms with Crippen molar-refractivity contribution >= 4 is 33.0 Å². The van der Waals surface area contributed by atoms with E-state index >= 15 is 0 Å².